The van der Waals surface area contributed by atoms with Crippen LogP contribution in [0.2, 0.25) is 0 Å². The average molecular weight is 484 g/mol. The highest BCUT2D eigenvalue weighted by atomic mass is 16.5. The number of aromatic nitrogens is 2. The first-order chi connectivity index (χ1) is 17.6. The number of nitrogens with zero attached hydrogens (tertiary/aromatic N) is 1. The maximum absolute atomic E-state index is 12.1. The zero-order valence-corrected chi connectivity index (χ0v) is 20.9. The highest BCUT2D eigenvalue weighted by molar-refractivity contribution is 5.87. The van der Waals surface area contributed by atoms with Gasteiger partial charge in [-0.05, 0) is 71.7 Å². The van der Waals surface area contributed by atoms with Gasteiger partial charge in [-0.2, -0.15) is 0 Å². The minimum Gasteiger partial charge on any atom is -0.487 e. The third-order valence-electron chi connectivity index (χ3n) is 7.18. The van der Waals surface area contributed by atoms with Crippen LogP contribution < -0.4 is 15.6 Å². The van der Waals surface area contributed by atoms with Crippen LogP contribution in [-0.4, -0.2) is 27.7 Å². The lowest BCUT2D eigenvalue weighted by molar-refractivity contribution is 0.171. The number of rotatable bonds is 9. The Kier molecular flexibility index (Phi) is 7.16. The molecule has 2 aromatic carbocycles. The second-order valence-electron chi connectivity index (χ2n) is 9.54. The van der Waals surface area contributed by atoms with Gasteiger partial charge in [-0.3, -0.25) is 9.78 Å². The average Bonchev–Trinajstić information content (AvgIpc) is 3.31. The quantitative estimate of drug-likeness (QED) is 0.328. The summed E-state index contributed by atoms with van der Waals surface area (Å²) in [4.78, 5) is 19.1. The lowest BCUT2D eigenvalue weighted by Crippen LogP contribution is -2.33. The Bertz CT molecular complexity index is 1380. The fourth-order valence-corrected chi connectivity index (χ4v) is 5.27. The molecule has 186 valence electrons. The number of aliphatic hydroxyl groups excluding tert-OH is 1. The smallest absolute Gasteiger partial charge is 0.248 e. The molecule has 0 amide bonds. The van der Waals surface area contributed by atoms with Crippen molar-refractivity contribution in [2.75, 3.05) is 6.54 Å². The van der Waals surface area contributed by atoms with Crippen LogP contribution in [0.15, 0.2) is 65.7 Å². The molecular formula is C30H33N3O3. The van der Waals surface area contributed by atoms with E-state index in [0.29, 0.717) is 30.5 Å². The van der Waals surface area contributed by atoms with E-state index in [9.17, 15) is 9.90 Å². The third kappa shape index (κ3) is 5.06. The van der Waals surface area contributed by atoms with Crippen molar-refractivity contribution in [1.82, 2.24) is 15.3 Å². The highest BCUT2D eigenvalue weighted by Crippen LogP contribution is 2.31. The molecule has 1 atom stereocenters. The van der Waals surface area contributed by atoms with Gasteiger partial charge < -0.3 is 20.1 Å². The number of aromatic amines is 1. The Hall–Kier alpha value is -3.48. The van der Waals surface area contributed by atoms with Crippen LogP contribution in [0.1, 0.15) is 53.3 Å². The summed E-state index contributed by atoms with van der Waals surface area (Å²) in [5, 5.41) is 15.5. The molecule has 2 heterocycles. The molecule has 36 heavy (non-hydrogen) atoms. The molecule has 0 bridgehead atoms. The second-order valence-corrected chi connectivity index (χ2v) is 9.54. The molecule has 0 radical (unpaired) electrons. The Labute approximate surface area is 211 Å². The van der Waals surface area contributed by atoms with E-state index in [4.69, 9.17) is 4.74 Å². The summed E-state index contributed by atoms with van der Waals surface area (Å²) >= 11 is 0. The molecule has 0 saturated heterocycles. The summed E-state index contributed by atoms with van der Waals surface area (Å²) in [7, 11) is 0. The number of hydrogen-bond donors (Lipinski definition) is 3. The predicted molar refractivity (Wildman–Crippen MR) is 142 cm³/mol. The molecule has 5 rings (SSSR count). The monoisotopic (exact) mass is 483 g/mol. The van der Waals surface area contributed by atoms with Crippen molar-refractivity contribution in [3.8, 4) is 5.75 Å². The van der Waals surface area contributed by atoms with Gasteiger partial charge in [0.2, 0.25) is 5.56 Å². The van der Waals surface area contributed by atoms with Crippen LogP contribution in [0.4, 0.5) is 0 Å². The molecule has 6 nitrogen and oxygen atoms in total. The molecule has 3 N–H and O–H groups in total. The van der Waals surface area contributed by atoms with E-state index in [1.165, 1.54) is 28.3 Å². The van der Waals surface area contributed by atoms with Crippen LogP contribution >= 0.6 is 0 Å². The lowest BCUT2D eigenvalue weighted by Gasteiger charge is -2.19. The summed E-state index contributed by atoms with van der Waals surface area (Å²) in [6.07, 6.45) is 6.83. The Morgan fingerprint density at radius 3 is 2.50 bits per heavy atom. The van der Waals surface area contributed by atoms with E-state index in [1.54, 1.807) is 18.5 Å². The molecule has 2 aromatic heterocycles. The van der Waals surface area contributed by atoms with Crippen molar-refractivity contribution in [2.45, 2.75) is 58.3 Å². The Morgan fingerprint density at radius 1 is 1.08 bits per heavy atom. The van der Waals surface area contributed by atoms with Crippen LogP contribution in [0, 0.1) is 0 Å². The summed E-state index contributed by atoms with van der Waals surface area (Å²) < 4.78 is 6.00. The maximum Gasteiger partial charge on any atom is 0.248 e. The van der Waals surface area contributed by atoms with Crippen molar-refractivity contribution in [3.63, 3.8) is 0 Å². The fraction of sp³-hybridized carbons (Fsp3) is 0.333. The molecular weight excluding hydrogens is 450 g/mol. The van der Waals surface area contributed by atoms with Gasteiger partial charge in [0.05, 0.1) is 11.6 Å². The number of H-pyrrole nitrogens is 1. The van der Waals surface area contributed by atoms with Gasteiger partial charge in [0.25, 0.3) is 0 Å². The topological polar surface area (TPSA) is 87.2 Å². The van der Waals surface area contributed by atoms with Crippen molar-refractivity contribution >= 4 is 10.9 Å². The normalized spacial score (nSPS) is 14.2. The molecule has 1 aliphatic rings. The minimum absolute atomic E-state index is 0.208. The standard InChI is InChI=1S/C30H33N3O3/c1-3-20-12-22-14-24(15-23(22)13-21(20)4-2)32-17-27(34)25-7-9-28(30-26(25)8-10-29(35)33-30)36-18-19-6-5-11-31-16-19/h5-13,16,24,27,32,34H,3-4,14-15,17-18H2,1-2H3,(H,33,35)/t27-/m1/s1. The summed E-state index contributed by atoms with van der Waals surface area (Å²) in [6.45, 7) is 5.21. The Morgan fingerprint density at radius 2 is 1.83 bits per heavy atom. The minimum atomic E-state index is -0.716. The van der Waals surface area contributed by atoms with Crippen molar-refractivity contribution in [1.29, 1.82) is 0 Å². The van der Waals surface area contributed by atoms with E-state index in [-0.39, 0.29) is 5.56 Å². The predicted octanol–water partition coefficient (Wildman–Crippen LogP) is 4.42. The second kappa shape index (κ2) is 10.6. The van der Waals surface area contributed by atoms with E-state index < -0.39 is 6.10 Å². The number of pyridine rings is 2. The van der Waals surface area contributed by atoms with Gasteiger partial charge in [0.1, 0.15) is 12.4 Å². The van der Waals surface area contributed by atoms with E-state index in [2.05, 4.69) is 41.3 Å². The first kappa shape index (κ1) is 24.2. The Balaban J connectivity index is 1.30. The fourth-order valence-electron chi connectivity index (χ4n) is 5.27. The highest BCUT2D eigenvalue weighted by Gasteiger charge is 2.24. The van der Waals surface area contributed by atoms with Gasteiger partial charge in [-0.25, -0.2) is 0 Å². The number of hydrogen-bond acceptors (Lipinski definition) is 5. The van der Waals surface area contributed by atoms with Crippen molar-refractivity contribution < 1.29 is 9.84 Å². The molecule has 0 fully saturated rings. The van der Waals surface area contributed by atoms with Crippen LogP contribution in [-0.2, 0) is 32.3 Å². The van der Waals surface area contributed by atoms with E-state index in [1.807, 2.05) is 24.3 Å². The molecule has 1 aliphatic carbocycles. The van der Waals surface area contributed by atoms with Crippen LogP contribution in [0.25, 0.3) is 10.9 Å². The number of ether oxygens (including phenoxy) is 1. The number of fused-ring (bicyclic) bond motifs is 2. The van der Waals surface area contributed by atoms with Crippen LogP contribution in [0.5, 0.6) is 5.75 Å². The zero-order chi connectivity index (χ0) is 25.1. The largest absolute Gasteiger partial charge is 0.487 e. The SMILES string of the molecule is CCc1cc2c(cc1CC)CC(NC[C@@H](O)c1ccc(OCc3cccnc3)c3[nH]c(=O)ccc13)C2. The van der Waals surface area contributed by atoms with Crippen molar-refractivity contribution in [3.05, 3.63) is 105 Å². The number of aliphatic hydroxyl groups is 1. The lowest BCUT2D eigenvalue weighted by atomic mass is 9.97. The van der Waals surface area contributed by atoms with Gasteiger partial charge in [0.15, 0.2) is 0 Å². The number of aryl methyl sites for hydroxylation is 2. The zero-order valence-electron chi connectivity index (χ0n) is 20.9. The van der Waals surface area contributed by atoms with Gasteiger partial charge in [-0.1, -0.05) is 38.1 Å². The summed E-state index contributed by atoms with van der Waals surface area (Å²) in [6, 6.07) is 15.8. The number of nitrogens with one attached hydrogen (secondary N) is 2. The molecule has 0 saturated carbocycles. The molecule has 0 unspecified atom stereocenters. The van der Waals surface area contributed by atoms with Crippen molar-refractivity contribution in [2.24, 2.45) is 0 Å². The van der Waals surface area contributed by atoms with Crippen LogP contribution in [0.3, 0.4) is 0 Å². The molecule has 4 aromatic rings. The van der Waals surface area contributed by atoms with Gasteiger partial charge in [0, 0.05) is 42.0 Å². The maximum atomic E-state index is 12.1. The molecule has 0 aliphatic heterocycles. The van der Waals surface area contributed by atoms with E-state index in [0.717, 1.165) is 42.2 Å². The number of benzene rings is 2. The van der Waals surface area contributed by atoms with E-state index >= 15 is 0 Å². The van der Waals surface area contributed by atoms with Gasteiger partial charge >= 0.3 is 0 Å². The van der Waals surface area contributed by atoms with Gasteiger partial charge in [-0.15, -0.1) is 0 Å². The molecule has 6 heteroatoms. The molecule has 0 spiro atoms. The first-order valence-electron chi connectivity index (χ1n) is 12.8. The third-order valence-corrected chi connectivity index (χ3v) is 7.18. The first-order valence-corrected chi connectivity index (χ1v) is 12.8. The summed E-state index contributed by atoms with van der Waals surface area (Å²) in [5.41, 5.74) is 7.83. The summed E-state index contributed by atoms with van der Waals surface area (Å²) in [5.74, 6) is 0.570.